The molecule has 0 atom stereocenters. The van der Waals surface area contributed by atoms with Gasteiger partial charge in [0.1, 0.15) is 6.61 Å². The van der Waals surface area contributed by atoms with Crippen molar-refractivity contribution in [2.45, 2.75) is 13.8 Å². The van der Waals surface area contributed by atoms with Crippen LogP contribution in [0, 0.1) is 5.41 Å². The molecule has 0 aromatic rings. The minimum Gasteiger partial charge on any atom is -0.447 e. The van der Waals surface area contributed by atoms with E-state index in [0.29, 0.717) is 0 Å². The fourth-order valence-electron chi connectivity index (χ4n) is 0.901. The monoisotopic (exact) mass is 218 g/mol. The quantitative estimate of drug-likeness (QED) is 0.579. The summed E-state index contributed by atoms with van der Waals surface area (Å²) in [5, 5.41) is 13.3. The summed E-state index contributed by atoms with van der Waals surface area (Å²) in [7, 11) is 1.54. The smallest absolute Gasteiger partial charge is 0.407 e. The highest BCUT2D eigenvalue weighted by atomic mass is 16.6. The molecule has 0 aliphatic carbocycles. The van der Waals surface area contributed by atoms with Gasteiger partial charge in [0.15, 0.2) is 0 Å². The van der Waals surface area contributed by atoms with Crippen LogP contribution < -0.4 is 10.6 Å². The van der Waals surface area contributed by atoms with E-state index < -0.39 is 11.5 Å². The number of hydrogen-bond acceptors (Lipinski definition) is 4. The van der Waals surface area contributed by atoms with Crippen LogP contribution in [0.15, 0.2) is 0 Å². The van der Waals surface area contributed by atoms with Crippen molar-refractivity contribution in [2.75, 3.05) is 26.8 Å². The van der Waals surface area contributed by atoms with E-state index in [1.807, 2.05) is 0 Å². The van der Waals surface area contributed by atoms with Crippen LogP contribution in [0.1, 0.15) is 13.8 Å². The fraction of sp³-hybridized carbons (Fsp3) is 0.778. The van der Waals surface area contributed by atoms with Gasteiger partial charge >= 0.3 is 6.09 Å². The SMILES string of the molecule is CNC(=O)C(C)(C)CNC(=O)OCCO. The third-order valence-corrected chi connectivity index (χ3v) is 1.84. The molecule has 0 aromatic heterocycles. The van der Waals surface area contributed by atoms with Crippen LogP contribution in [-0.4, -0.2) is 43.9 Å². The minimum absolute atomic E-state index is 0.0494. The van der Waals surface area contributed by atoms with Crippen molar-refractivity contribution in [1.29, 1.82) is 0 Å². The molecular formula is C9H18N2O4. The highest BCUT2D eigenvalue weighted by Crippen LogP contribution is 2.12. The third kappa shape index (κ3) is 5.21. The zero-order chi connectivity index (χ0) is 11.9. The average Bonchev–Trinajstić information content (AvgIpc) is 2.22. The summed E-state index contributed by atoms with van der Waals surface area (Å²) in [4.78, 5) is 22.3. The first-order valence-electron chi connectivity index (χ1n) is 4.67. The van der Waals surface area contributed by atoms with E-state index in [1.165, 1.54) is 7.05 Å². The summed E-state index contributed by atoms with van der Waals surface area (Å²) in [6, 6.07) is 0. The van der Waals surface area contributed by atoms with Crippen LogP contribution >= 0.6 is 0 Å². The van der Waals surface area contributed by atoms with Crippen molar-refractivity contribution < 1.29 is 19.4 Å². The van der Waals surface area contributed by atoms with Crippen LogP contribution in [0.5, 0.6) is 0 Å². The van der Waals surface area contributed by atoms with Gasteiger partial charge in [-0.3, -0.25) is 4.79 Å². The first-order valence-corrected chi connectivity index (χ1v) is 4.67. The molecule has 6 nitrogen and oxygen atoms in total. The lowest BCUT2D eigenvalue weighted by Crippen LogP contribution is -2.43. The zero-order valence-corrected chi connectivity index (χ0v) is 9.29. The van der Waals surface area contributed by atoms with Gasteiger partial charge < -0.3 is 20.5 Å². The Balaban J connectivity index is 3.92. The second-order valence-electron chi connectivity index (χ2n) is 3.68. The summed E-state index contributed by atoms with van der Waals surface area (Å²) in [5.41, 5.74) is -0.688. The zero-order valence-electron chi connectivity index (χ0n) is 9.29. The molecule has 0 unspecified atom stereocenters. The normalized spacial score (nSPS) is 10.7. The molecule has 2 amide bonds. The number of carbonyl (C=O) groups is 2. The maximum Gasteiger partial charge on any atom is 0.407 e. The van der Waals surface area contributed by atoms with Crippen molar-refractivity contribution in [3.05, 3.63) is 0 Å². The number of amides is 2. The molecule has 15 heavy (non-hydrogen) atoms. The molecule has 0 radical (unpaired) electrons. The summed E-state index contributed by atoms with van der Waals surface area (Å²) >= 11 is 0. The Morgan fingerprint density at radius 1 is 1.40 bits per heavy atom. The number of carbonyl (C=O) groups excluding carboxylic acids is 2. The molecule has 0 aliphatic heterocycles. The fourth-order valence-corrected chi connectivity index (χ4v) is 0.901. The Morgan fingerprint density at radius 2 is 2.00 bits per heavy atom. The lowest BCUT2D eigenvalue weighted by atomic mass is 9.92. The van der Waals surface area contributed by atoms with E-state index in [1.54, 1.807) is 13.8 Å². The van der Waals surface area contributed by atoms with Crippen molar-refractivity contribution in [3.8, 4) is 0 Å². The van der Waals surface area contributed by atoms with Gasteiger partial charge in [-0.25, -0.2) is 4.79 Å². The molecule has 6 heteroatoms. The number of ether oxygens (including phenoxy) is 1. The lowest BCUT2D eigenvalue weighted by molar-refractivity contribution is -0.128. The molecule has 0 fully saturated rings. The molecule has 0 aliphatic rings. The number of hydrogen-bond donors (Lipinski definition) is 3. The first kappa shape index (κ1) is 13.7. The van der Waals surface area contributed by atoms with Crippen molar-refractivity contribution in [2.24, 2.45) is 5.41 Å². The summed E-state index contributed by atoms with van der Waals surface area (Å²) in [5.74, 6) is -0.162. The van der Waals surface area contributed by atoms with E-state index in [9.17, 15) is 9.59 Å². The summed E-state index contributed by atoms with van der Waals surface area (Å²) < 4.78 is 4.57. The molecule has 0 saturated heterocycles. The average molecular weight is 218 g/mol. The highest BCUT2D eigenvalue weighted by Gasteiger charge is 2.27. The van der Waals surface area contributed by atoms with Gasteiger partial charge in [0, 0.05) is 13.6 Å². The molecule has 0 aromatic carbocycles. The van der Waals surface area contributed by atoms with E-state index in [2.05, 4.69) is 15.4 Å². The maximum atomic E-state index is 11.3. The van der Waals surface area contributed by atoms with Gasteiger partial charge in [-0.1, -0.05) is 0 Å². The molecule has 0 saturated carbocycles. The molecule has 0 heterocycles. The van der Waals surface area contributed by atoms with Crippen LogP contribution in [0.25, 0.3) is 0 Å². The Bertz CT molecular complexity index is 228. The Morgan fingerprint density at radius 3 is 2.47 bits per heavy atom. The molecular weight excluding hydrogens is 200 g/mol. The number of aliphatic hydroxyl groups is 1. The van der Waals surface area contributed by atoms with Crippen molar-refractivity contribution in [3.63, 3.8) is 0 Å². The topological polar surface area (TPSA) is 87.7 Å². The second-order valence-corrected chi connectivity index (χ2v) is 3.68. The van der Waals surface area contributed by atoms with Crippen LogP contribution in [-0.2, 0) is 9.53 Å². The van der Waals surface area contributed by atoms with Crippen LogP contribution in [0.4, 0.5) is 4.79 Å². The Labute approximate surface area is 89.0 Å². The Kier molecular flexibility index (Phi) is 5.69. The van der Waals surface area contributed by atoms with E-state index >= 15 is 0 Å². The number of alkyl carbamates (subject to hydrolysis) is 1. The van der Waals surface area contributed by atoms with Crippen LogP contribution in [0.3, 0.4) is 0 Å². The van der Waals surface area contributed by atoms with Gasteiger partial charge in [0.2, 0.25) is 5.91 Å². The van der Waals surface area contributed by atoms with Crippen LogP contribution in [0.2, 0.25) is 0 Å². The predicted octanol–water partition coefficient (Wildman–Crippen LogP) is -0.523. The number of aliphatic hydroxyl groups excluding tert-OH is 1. The second kappa shape index (κ2) is 6.23. The number of nitrogens with one attached hydrogen (secondary N) is 2. The van der Waals surface area contributed by atoms with E-state index in [-0.39, 0.29) is 25.7 Å². The molecule has 88 valence electrons. The standard InChI is InChI=1S/C9H18N2O4/c1-9(2,7(13)10-3)6-11-8(14)15-5-4-12/h12H,4-6H2,1-3H3,(H,10,13)(H,11,14). The van der Waals surface area contributed by atoms with E-state index in [0.717, 1.165) is 0 Å². The Hall–Kier alpha value is -1.30. The van der Waals surface area contributed by atoms with Gasteiger partial charge in [-0.15, -0.1) is 0 Å². The molecule has 0 spiro atoms. The maximum absolute atomic E-state index is 11.3. The molecule has 3 N–H and O–H groups in total. The van der Waals surface area contributed by atoms with Gasteiger partial charge in [-0.05, 0) is 13.8 Å². The minimum atomic E-state index is -0.688. The lowest BCUT2D eigenvalue weighted by Gasteiger charge is -2.22. The van der Waals surface area contributed by atoms with Crippen molar-refractivity contribution >= 4 is 12.0 Å². The van der Waals surface area contributed by atoms with Gasteiger partial charge in [0.05, 0.1) is 12.0 Å². The summed E-state index contributed by atoms with van der Waals surface area (Å²) in [6.45, 7) is 3.33. The van der Waals surface area contributed by atoms with Gasteiger partial charge in [-0.2, -0.15) is 0 Å². The largest absolute Gasteiger partial charge is 0.447 e. The third-order valence-electron chi connectivity index (χ3n) is 1.84. The predicted molar refractivity (Wildman–Crippen MR) is 54.3 cm³/mol. The van der Waals surface area contributed by atoms with Gasteiger partial charge in [0.25, 0.3) is 0 Å². The summed E-state index contributed by atoms with van der Waals surface area (Å²) in [6.07, 6.45) is -0.638. The molecule has 0 rings (SSSR count). The van der Waals surface area contributed by atoms with E-state index in [4.69, 9.17) is 5.11 Å². The van der Waals surface area contributed by atoms with Crippen molar-refractivity contribution in [1.82, 2.24) is 10.6 Å². The molecule has 0 bridgehead atoms. The highest BCUT2D eigenvalue weighted by molar-refractivity contribution is 5.82. The number of rotatable bonds is 5. The first-order chi connectivity index (χ1) is 6.94.